The summed E-state index contributed by atoms with van der Waals surface area (Å²) in [6, 6.07) is 70.2. The molecule has 322 valence electrons. The highest BCUT2D eigenvalue weighted by Crippen LogP contribution is 2.51. The molecule has 0 amide bonds. The molecule has 0 radical (unpaired) electrons. The van der Waals surface area contributed by atoms with Crippen LogP contribution in [0.2, 0.25) is 0 Å². The lowest BCUT2D eigenvalue weighted by molar-refractivity contribution is 1.08. The van der Waals surface area contributed by atoms with Crippen LogP contribution in [0.15, 0.2) is 188 Å². The summed E-state index contributed by atoms with van der Waals surface area (Å²) in [6.45, 7) is 9.45. The van der Waals surface area contributed by atoms with Gasteiger partial charge in [-0.3, -0.25) is 0 Å². The lowest BCUT2D eigenvalue weighted by Crippen LogP contribution is -2.08. The zero-order valence-electron chi connectivity index (χ0n) is 36.9. The van der Waals surface area contributed by atoms with Gasteiger partial charge in [-0.1, -0.05) is 146 Å². The third-order valence-corrected chi connectivity index (χ3v) is 18.3. The van der Waals surface area contributed by atoms with Crippen LogP contribution in [-0.4, -0.2) is 13.7 Å². The number of hydrogen-bond acceptors (Lipinski definition) is 4. The number of thiophene rings is 3. The number of rotatable bonds is 3. The molecule has 16 rings (SSSR count). The smallest absolute Gasteiger partial charge is 0.232 e. The lowest BCUT2D eigenvalue weighted by atomic mass is 10.0. The van der Waals surface area contributed by atoms with Gasteiger partial charge < -0.3 is 13.7 Å². The minimum Gasteiger partial charge on any atom is -0.316 e. The molecular weight excluding hydrogens is 911 g/mol. The maximum absolute atomic E-state index is 11.9. The summed E-state index contributed by atoms with van der Waals surface area (Å²) in [5.41, 5.74) is 8.93. The van der Waals surface area contributed by atoms with Crippen molar-refractivity contribution >= 4 is 166 Å². The van der Waals surface area contributed by atoms with Crippen LogP contribution in [0.1, 0.15) is 5.56 Å². The van der Waals surface area contributed by atoms with E-state index in [0.717, 1.165) is 80.5 Å². The van der Waals surface area contributed by atoms with Gasteiger partial charge in [0.05, 0.1) is 82.5 Å². The third kappa shape index (κ3) is 4.82. The Morgan fingerprint density at radius 2 is 0.714 bits per heavy atom. The lowest BCUT2D eigenvalue weighted by Gasteiger charge is -2.22. The number of benzene rings is 10. The van der Waals surface area contributed by atoms with Gasteiger partial charge >= 0.3 is 0 Å². The first-order valence-corrected chi connectivity index (χ1v) is 25.6. The Bertz CT molecular complexity index is 5110. The molecular formula is C62H31N5S3. The molecule has 8 heteroatoms. The summed E-state index contributed by atoms with van der Waals surface area (Å²) in [4.78, 5) is 4.58. The van der Waals surface area contributed by atoms with Gasteiger partial charge in [0.1, 0.15) is 0 Å². The molecule has 70 heavy (non-hydrogen) atoms. The Morgan fingerprint density at radius 3 is 1.13 bits per heavy atom. The van der Waals surface area contributed by atoms with Crippen LogP contribution >= 0.6 is 34.0 Å². The highest BCUT2D eigenvalue weighted by atomic mass is 32.1. The minimum absolute atomic E-state index is 0.305. The normalized spacial score (nSPS) is 12.3. The topological polar surface area (TPSA) is 42.9 Å². The summed E-state index contributed by atoms with van der Waals surface area (Å²) in [7, 11) is 0. The van der Waals surface area contributed by atoms with Gasteiger partial charge in [0, 0.05) is 78.7 Å². The van der Waals surface area contributed by atoms with Gasteiger partial charge in [-0.2, -0.15) is 5.26 Å². The third-order valence-electron chi connectivity index (χ3n) is 14.7. The van der Waals surface area contributed by atoms with Crippen molar-refractivity contribution in [1.82, 2.24) is 13.7 Å². The average Bonchev–Trinajstić information content (AvgIpc) is 4.26. The molecule has 0 aliphatic heterocycles. The molecule has 10 aromatic carbocycles. The van der Waals surface area contributed by atoms with Crippen LogP contribution in [0.4, 0.5) is 5.69 Å². The highest BCUT2D eigenvalue weighted by Gasteiger charge is 2.30. The van der Waals surface area contributed by atoms with E-state index in [4.69, 9.17) is 0 Å². The molecule has 0 spiro atoms. The van der Waals surface area contributed by atoms with Crippen LogP contribution < -0.4 is 0 Å². The van der Waals surface area contributed by atoms with Crippen LogP contribution in [0, 0.1) is 17.9 Å². The molecule has 16 aromatic rings. The molecule has 0 saturated heterocycles. The maximum atomic E-state index is 11.9. The van der Waals surface area contributed by atoms with E-state index in [1.807, 2.05) is 11.3 Å². The fraction of sp³-hybridized carbons (Fsp3) is 0. The SMILES string of the molecule is [C-]#[N+]c1c(C#N)c(-n2c3ccccc3c3ccc4c5ccccc5sc4c32)cc(-n2c3ccccc3c3ccc4c5ccccc5sc4c32)c1-n1c2ccccc2c2ccc3c4ccccc4sc3c21. The van der Waals surface area contributed by atoms with E-state index < -0.39 is 0 Å². The van der Waals surface area contributed by atoms with Gasteiger partial charge in [-0.15, -0.1) is 34.0 Å². The van der Waals surface area contributed by atoms with E-state index in [0.29, 0.717) is 22.6 Å². The van der Waals surface area contributed by atoms with Crippen molar-refractivity contribution in [2.75, 3.05) is 0 Å². The van der Waals surface area contributed by atoms with Gasteiger partial charge in [-0.05, 0) is 42.5 Å². The molecule has 6 heterocycles. The number of hydrogen-bond donors (Lipinski definition) is 0. The molecule has 0 aliphatic carbocycles. The Hall–Kier alpha value is -8.76. The van der Waals surface area contributed by atoms with E-state index in [2.05, 4.69) is 213 Å². The molecule has 5 nitrogen and oxygen atoms in total. The van der Waals surface area contributed by atoms with Gasteiger partial charge in [-0.25, -0.2) is 4.85 Å². The predicted molar refractivity (Wildman–Crippen MR) is 299 cm³/mol. The highest BCUT2D eigenvalue weighted by molar-refractivity contribution is 7.27. The number of fused-ring (bicyclic) bond motifs is 21. The fourth-order valence-corrected chi connectivity index (χ4v) is 15.6. The fourth-order valence-electron chi connectivity index (χ4n) is 11.8. The van der Waals surface area contributed by atoms with Crippen LogP contribution in [0.3, 0.4) is 0 Å². The van der Waals surface area contributed by atoms with Crippen LogP contribution in [0.25, 0.3) is 148 Å². The predicted octanol–water partition coefficient (Wildman–Crippen LogP) is 18.5. The standard InChI is InChI=1S/C62H31N5S3/c1-64-55-46(33-63)50(65-47-20-8-2-14-34(47)40-26-29-43-37-17-5-11-23-52(37)68-60(43)56(40)65)32-51(66-48-21-9-3-15-35(48)41-27-30-44-38-18-6-12-24-53(38)69-61(44)57(41)66)59(55)67-49-22-10-4-16-36(49)42-28-31-45-39-19-7-13-25-54(39)70-62(45)58(42)67/h2-32H. The van der Waals surface area contributed by atoms with Crippen LogP contribution in [-0.2, 0) is 0 Å². The summed E-state index contributed by atoms with van der Waals surface area (Å²) in [6.07, 6.45) is 0. The molecule has 0 aliphatic rings. The second-order valence-electron chi connectivity index (χ2n) is 18.1. The quantitative estimate of drug-likeness (QED) is 0.163. The van der Waals surface area contributed by atoms with Gasteiger partial charge in [0.2, 0.25) is 5.69 Å². The van der Waals surface area contributed by atoms with E-state index in [1.54, 1.807) is 22.7 Å². The van der Waals surface area contributed by atoms with Gasteiger partial charge in [0.25, 0.3) is 0 Å². The summed E-state index contributed by atoms with van der Waals surface area (Å²) < 4.78 is 14.1. The monoisotopic (exact) mass is 941 g/mol. The molecule has 0 fully saturated rings. The number of nitrogens with zero attached hydrogens (tertiary/aromatic N) is 5. The zero-order valence-corrected chi connectivity index (χ0v) is 39.3. The second-order valence-corrected chi connectivity index (χ2v) is 21.2. The Morgan fingerprint density at radius 1 is 0.371 bits per heavy atom. The second kappa shape index (κ2) is 13.9. The molecule has 0 saturated carbocycles. The summed E-state index contributed by atoms with van der Waals surface area (Å²) >= 11 is 5.38. The van der Waals surface area contributed by atoms with E-state index in [1.165, 1.54) is 51.1 Å². The van der Waals surface area contributed by atoms with Crippen molar-refractivity contribution < 1.29 is 0 Å². The Balaban J connectivity index is 1.17. The maximum Gasteiger partial charge on any atom is 0.232 e. The zero-order chi connectivity index (χ0) is 45.9. The van der Waals surface area contributed by atoms with Crippen molar-refractivity contribution in [2.24, 2.45) is 0 Å². The first-order chi connectivity index (χ1) is 34.7. The number of nitriles is 1. The Labute approximate surface area is 410 Å². The summed E-state index contributed by atoms with van der Waals surface area (Å²) in [5.74, 6) is 0. The summed E-state index contributed by atoms with van der Waals surface area (Å²) in [5, 5.41) is 25.7. The first-order valence-electron chi connectivity index (χ1n) is 23.2. The first kappa shape index (κ1) is 38.2. The molecule has 6 aromatic heterocycles. The molecule has 0 unspecified atom stereocenters. The molecule has 0 atom stereocenters. The number of para-hydroxylation sites is 3. The minimum atomic E-state index is 0.305. The molecule has 0 N–H and O–H groups in total. The van der Waals surface area contributed by atoms with Crippen molar-refractivity contribution in [3.8, 4) is 23.1 Å². The van der Waals surface area contributed by atoms with Crippen LogP contribution in [0.5, 0.6) is 0 Å². The van der Waals surface area contributed by atoms with Crippen molar-refractivity contribution in [2.45, 2.75) is 0 Å². The van der Waals surface area contributed by atoms with Gasteiger partial charge in [0.15, 0.2) is 0 Å². The van der Waals surface area contributed by atoms with E-state index in [-0.39, 0.29) is 0 Å². The molecule has 0 bridgehead atoms. The van der Waals surface area contributed by atoms with E-state index in [9.17, 15) is 11.8 Å². The number of aromatic nitrogens is 3. The largest absolute Gasteiger partial charge is 0.316 e. The Kier molecular flexibility index (Phi) is 7.60. The van der Waals surface area contributed by atoms with Crippen molar-refractivity contribution in [1.29, 1.82) is 5.26 Å². The average molecular weight is 942 g/mol. The van der Waals surface area contributed by atoms with Crippen molar-refractivity contribution in [3.05, 3.63) is 205 Å². The van der Waals surface area contributed by atoms with Crippen molar-refractivity contribution in [3.63, 3.8) is 0 Å². The van der Waals surface area contributed by atoms with E-state index >= 15 is 0 Å².